The summed E-state index contributed by atoms with van der Waals surface area (Å²) in [5, 5.41) is 9.78. The van der Waals surface area contributed by atoms with E-state index in [9.17, 15) is 9.46 Å². The van der Waals surface area contributed by atoms with Gasteiger partial charge in [0.1, 0.15) is 11.5 Å². The van der Waals surface area contributed by atoms with Crippen molar-refractivity contribution in [2.75, 3.05) is 0 Å². The first-order chi connectivity index (χ1) is 14.1. The minimum Gasteiger partial charge on any atom is -0.736 e. The lowest BCUT2D eigenvalue weighted by atomic mass is 10.1. The van der Waals surface area contributed by atoms with Gasteiger partial charge in [-0.2, -0.15) is 10.2 Å². The fourth-order valence-corrected chi connectivity index (χ4v) is 3.54. The number of azo groups is 1. The van der Waals surface area contributed by atoms with Gasteiger partial charge >= 0.3 is 7.82 Å². The predicted octanol–water partition coefficient (Wildman–Crippen LogP) is 6.18. The quantitative estimate of drug-likeness (QED) is 0.284. The average Bonchev–Trinajstić information content (AvgIpc) is 2.74. The van der Waals surface area contributed by atoms with Gasteiger partial charge in [0, 0.05) is 5.39 Å². The van der Waals surface area contributed by atoms with Crippen LogP contribution >= 0.6 is 7.82 Å². The van der Waals surface area contributed by atoms with Crippen LogP contribution in [0.3, 0.4) is 0 Å². The summed E-state index contributed by atoms with van der Waals surface area (Å²) < 4.78 is 22.6. The van der Waals surface area contributed by atoms with Crippen LogP contribution < -0.4 is 13.9 Å². The average molecular weight is 403 g/mol. The van der Waals surface area contributed by atoms with Gasteiger partial charge in [0.05, 0.1) is 11.4 Å². The van der Waals surface area contributed by atoms with Crippen LogP contribution in [0.1, 0.15) is 0 Å². The van der Waals surface area contributed by atoms with Crippen molar-refractivity contribution in [3.8, 4) is 11.5 Å². The van der Waals surface area contributed by atoms with Crippen molar-refractivity contribution < 1.29 is 18.5 Å². The molecule has 144 valence electrons. The summed E-state index contributed by atoms with van der Waals surface area (Å²) in [4.78, 5) is 12.4. The monoisotopic (exact) mass is 403 g/mol. The van der Waals surface area contributed by atoms with Crippen LogP contribution in [0.15, 0.2) is 107 Å². The van der Waals surface area contributed by atoms with Gasteiger partial charge in [-0.3, -0.25) is 0 Å². The lowest BCUT2D eigenvalue weighted by Gasteiger charge is -2.24. The maximum atomic E-state index is 12.4. The Labute approximate surface area is 167 Å². The molecule has 0 aliphatic rings. The smallest absolute Gasteiger partial charge is 0.372 e. The first-order valence-corrected chi connectivity index (χ1v) is 10.3. The van der Waals surface area contributed by atoms with Gasteiger partial charge in [0.15, 0.2) is 0 Å². The summed E-state index contributed by atoms with van der Waals surface area (Å²) in [5.74, 6) is 0.344. The first-order valence-electron chi connectivity index (χ1n) is 8.84. The van der Waals surface area contributed by atoms with Gasteiger partial charge in [-0.1, -0.05) is 54.6 Å². The molecule has 1 unspecified atom stereocenters. The third-order valence-electron chi connectivity index (χ3n) is 4.05. The Morgan fingerprint density at radius 2 is 1.28 bits per heavy atom. The Morgan fingerprint density at radius 3 is 2.03 bits per heavy atom. The number of benzene rings is 4. The van der Waals surface area contributed by atoms with Crippen molar-refractivity contribution in [1.29, 1.82) is 0 Å². The van der Waals surface area contributed by atoms with E-state index in [-0.39, 0.29) is 11.5 Å². The molecule has 4 aromatic carbocycles. The third-order valence-corrected chi connectivity index (χ3v) is 4.91. The second-order valence-corrected chi connectivity index (χ2v) is 7.40. The van der Waals surface area contributed by atoms with E-state index in [4.69, 9.17) is 9.05 Å². The van der Waals surface area contributed by atoms with E-state index in [0.29, 0.717) is 11.1 Å². The van der Waals surface area contributed by atoms with Crippen LogP contribution in [-0.2, 0) is 4.57 Å². The second kappa shape index (κ2) is 8.27. The zero-order valence-corrected chi connectivity index (χ0v) is 16.1. The highest BCUT2D eigenvalue weighted by atomic mass is 31.2. The van der Waals surface area contributed by atoms with Gasteiger partial charge < -0.3 is 13.9 Å². The summed E-state index contributed by atoms with van der Waals surface area (Å²) in [7, 11) is -4.62. The van der Waals surface area contributed by atoms with Crippen LogP contribution in [0, 0.1) is 0 Å². The molecule has 0 saturated heterocycles. The molecule has 0 radical (unpaired) electrons. The van der Waals surface area contributed by atoms with E-state index in [0.717, 1.165) is 11.1 Å². The van der Waals surface area contributed by atoms with Crippen molar-refractivity contribution in [2.24, 2.45) is 10.2 Å². The van der Waals surface area contributed by atoms with E-state index < -0.39 is 7.82 Å². The molecule has 0 fully saturated rings. The molecular formula is C22H16N2O4P-. The zero-order valence-electron chi connectivity index (χ0n) is 15.2. The number of phosphoric ester groups is 1. The van der Waals surface area contributed by atoms with Gasteiger partial charge in [0.25, 0.3) is 0 Å². The molecular weight excluding hydrogens is 387 g/mol. The summed E-state index contributed by atoms with van der Waals surface area (Å²) >= 11 is 0. The fraction of sp³-hybridized carbons (Fsp3) is 0. The molecule has 4 aromatic rings. The minimum absolute atomic E-state index is 0.127. The summed E-state index contributed by atoms with van der Waals surface area (Å²) in [5.41, 5.74) is 1.29. The molecule has 0 heterocycles. The molecule has 7 heteroatoms. The molecule has 4 rings (SSSR count). The van der Waals surface area contributed by atoms with Crippen molar-refractivity contribution in [2.45, 2.75) is 0 Å². The van der Waals surface area contributed by atoms with E-state index in [1.807, 2.05) is 54.6 Å². The normalized spacial score (nSPS) is 13.3. The molecule has 0 aliphatic carbocycles. The number of phosphoric acid groups is 1. The maximum Gasteiger partial charge on any atom is 0.372 e. The van der Waals surface area contributed by atoms with Crippen LogP contribution in [0.4, 0.5) is 11.4 Å². The Balaban J connectivity index is 1.46. The number of hydrogen-bond acceptors (Lipinski definition) is 6. The number of rotatable bonds is 6. The Morgan fingerprint density at radius 1 is 0.655 bits per heavy atom. The van der Waals surface area contributed by atoms with Gasteiger partial charge in [-0.05, 0) is 47.9 Å². The Bertz CT molecular complexity index is 1190. The number of nitrogens with zero attached hydrogens (tertiary/aromatic N) is 2. The highest BCUT2D eigenvalue weighted by molar-refractivity contribution is 7.46. The lowest BCUT2D eigenvalue weighted by Crippen LogP contribution is -2.13. The SMILES string of the molecule is O=P([O-])(Oc1ccc(N=Nc2ccccc2)cc1)Oc1cccc2ccccc12. The molecule has 0 spiro atoms. The van der Waals surface area contributed by atoms with Crippen molar-refractivity contribution in [3.63, 3.8) is 0 Å². The van der Waals surface area contributed by atoms with E-state index in [2.05, 4.69) is 10.2 Å². The zero-order chi connectivity index (χ0) is 20.1. The summed E-state index contributed by atoms with van der Waals surface area (Å²) in [6.45, 7) is 0. The molecule has 0 aromatic heterocycles. The molecule has 1 atom stereocenters. The van der Waals surface area contributed by atoms with Crippen molar-refractivity contribution >= 4 is 30.0 Å². The predicted molar refractivity (Wildman–Crippen MR) is 110 cm³/mol. The minimum atomic E-state index is -4.62. The number of hydrogen-bond donors (Lipinski definition) is 0. The summed E-state index contributed by atoms with van der Waals surface area (Å²) in [6.07, 6.45) is 0. The van der Waals surface area contributed by atoms with Crippen LogP contribution in [-0.4, -0.2) is 0 Å². The Hall–Kier alpha value is -3.47. The van der Waals surface area contributed by atoms with E-state index in [1.54, 1.807) is 30.3 Å². The van der Waals surface area contributed by atoms with Crippen LogP contribution in [0.25, 0.3) is 10.8 Å². The lowest BCUT2D eigenvalue weighted by molar-refractivity contribution is -0.208. The topological polar surface area (TPSA) is 83.3 Å². The van der Waals surface area contributed by atoms with Crippen LogP contribution in [0.5, 0.6) is 11.5 Å². The maximum absolute atomic E-state index is 12.4. The molecule has 0 bridgehead atoms. The van der Waals surface area contributed by atoms with Gasteiger partial charge in [0.2, 0.25) is 0 Å². The molecule has 0 N–H and O–H groups in total. The van der Waals surface area contributed by atoms with E-state index in [1.165, 1.54) is 12.1 Å². The largest absolute Gasteiger partial charge is 0.736 e. The molecule has 0 saturated carbocycles. The van der Waals surface area contributed by atoms with E-state index >= 15 is 0 Å². The fourth-order valence-electron chi connectivity index (χ4n) is 2.73. The molecule has 0 amide bonds. The highest BCUT2D eigenvalue weighted by Crippen LogP contribution is 2.43. The van der Waals surface area contributed by atoms with Crippen molar-refractivity contribution in [3.05, 3.63) is 97.1 Å². The second-order valence-electron chi connectivity index (χ2n) is 6.14. The highest BCUT2D eigenvalue weighted by Gasteiger charge is 2.15. The third kappa shape index (κ3) is 4.88. The molecule has 29 heavy (non-hydrogen) atoms. The first kappa shape index (κ1) is 18.9. The number of fused-ring (bicyclic) bond motifs is 1. The van der Waals surface area contributed by atoms with Crippen molar-refractivity contribution in [1.82, 2.24) is 0 Å². The van der Waals surface area contributed by atoms with Gasteiger partial charge in [-0.15, -0.1) is 0 Å². The van der Waals surface area contributed by atoms with Crippen LogP contribution in [0.2, 0.25) is 0 Å². The molecule has 0 aliphatic heterocycles. The molecule has 6 nitrogen and oxygen atoms in total. The summed E-state index contributed by atoms with van der Waals surface area (Å²) in [6, 6.07) is 28.1. The Kier molecular flexibility index (Phi) is 5.38. The standard InChI is InChI=1S/C22H17N2O4P/c25-29(26,28-22-12-6-8-17-7-4-5-11-21(17)22)27-20-15-13-19(14-16-20)24-23-18-9-2-1-3-10-18/h1-16H,(H,25,26)/p-1. The van der Waals surface area contributed by atoms with Gasteiger partial charge in [-0.25, -0.2) is 4.57 Å².